The number of halogens is 1. The van der Waals surface area contributed by atoms with Crippen LogP contribution in [-0.2, 0) is 4.79 Å². The van der Waals surface area contributed by atoms with E-state index in [4.69, 9.17) is 4.74 Å². The number of urea groups is 1. The molecule has 0 aliphatic carbocycles. The van der Waals surface area contributed by atoms with Crippen molar-refractivity contribution in [2.45, 2.75) is 33.2 Å². The lowest BCUT2D eigenvalue weighted by Gasteiger charge is -2.23. The van der Waals surface area contributed by atoms with Gasteiger partial charge in [0.15, 0.2) is 0 Å². The van der Waals surface area contributed by atoms with Crippen LogP contribution >= 0.6 is 11.3 Å². The molecule has 3 N–H and O–H groups in total. The average Bonchev–Trinajstić information content (AvgIpc) is 3.27. The summed E-state index contributed by atoms with van der Waals surface area (Å²) >= 11 is 1.17. The van der Waals surface area contributed by atoms with Crippen molar-refractivity contribution < 1.29 is 18.7 Å². The maximum absolute atomic E-state index is 13.1. The second kappa shape index (κ2) is 11.4. The van der Waals surface area contributed by atoms with Gasteiger partial charge >= 0.3 is 6.03 Å². The third-order valence-electron chi connectivity index (χ3n) is 4.95. The molecule has 0 bridgehead atoms. The van der Waals surface area contributed by atoms with E-state index in [2.05, 4.69) is 26.1 Å². The Balaban J connectivity index is 1.63. The smallest absolute Gasteiger partial charge is 0.319 e. The molecule has 2 unspecified atom stereocenters. The van der Waals surface area contributed by atoms with Gasteiger partial charge in [0.05, 0.1) is 6.61 Å². The molecule has 0 radical (unpaired) electrons. The van der Waals surface area contributed by atoms with Gasteiger partial charge in [0.25, 0.3) is 0 Å². The van der Waals surface area contributed by atoms with Gasteiger partial charge < -0.3 is 15.4 Å². The van der Waals surface area contributed by atoms with Crippen LogP contribution in [0.3, 0.4) is 0 Å². The summed E-state index contributed by atoms with van der Waals surface area (Å²) in [5.41, 5.74) is 1.27. The zero-order valence-corrected chi connectivity index (χ0v) is 19.4. The molecule has 10 heteroatoms. The number of rotatable bonds is 9. The first kappa shape index (κ1) is 24.1. The molecule has 3 aromatic rings. The molecule has 0 saturated carbocycles. The van der Waals surface area contributed by atoms with Gasteiger partial charge in [0.2, 0.25) is 11.0 Å². The number of hydrogen-bond donors (Lipinski definition) is 3. The van der Waals surface area contributed by atoms with Gasteiger partial charge in [-0.1, -0.05) is 31.6 Å². The number of aromatic nitrogens is 2. The second-order valence-corrected chi connectivity index (χ2v) is 8.31. The lowest BCUT2D eigenvalue weighted by molar-refractivity contribution is -0.119. The molecule has 8 nitrogen and oxygen atoms in total. The van der Waals surface area contributed by atoms with Crippen molar-refractivity contribution in [3.05, 3.63) is 54.3 Å². The second-order valence-electron chi connectivity index (χ2n) is 7.33. The molecular formula is C23H26FN5O3S. The van der Waals surface area contributed by atoms with E-state index in [0.717, 1.165) is 0 Å². The molecule has 2 atom stereocenters. The van der Waals surface area contributed by atoms with Crippen molar-refractivity contribution in [2.24, 2.45) is 5.92 Å². The van der Waals surface area contributed by atoms with Gasteiger partial charge in [-0.15, -0.1) is 10.2 Å². The minimum atomic E-state index is -0.782. The molecular weight excluding hydrogens is 445 g/mol. The Morgan fingerprint density at radius 1 is 1.03 bits per heavy atom. The molecule has 0 spiro atoms. The Morgan fingerprint density at radius 2 is 1.73 bits per heavy atom. The number of carbonyl (C=O) groups excluding carboxylic acids is 2. The number of amides is 3. The zero-order valence-electron chi connectivity index (χ0n) is 18.6. The maximum Gasteiger partial charge on any atom is 0.319 e. The first-order valence-corrected chi connectivity index (χ1v) is 11.4. The lowest BCUT2D eigenvalue weighted by Crippen LogP contribution is -2.49. The lowest BCUT2D eigenvalue weighted by atomic mass is 9.98. The highest BCUT2D eigenvalue weighted by atomic mass is 32.1. The predicted octanol–water partition coefficient (Wildman–Crippen LogP) is 4.92. The minimum absolute atomic E-state index is 0.124. The molecule has 3 amide bonds. The first-order chi connectivity index (χ1) is 15.9. The van der Waals surface area contributed by atoms with Crippen LogP contribution in [0.4, 0.5) is 20.0 Å². The topological polar surface area (TPSA) is 105 Å². The summed E-state index contributed by atoms with van der Waals surface area (Å²) in [5, 5.41) is 17.1. The zero-order chi connectivity index (χ0) is 23.8. The van der Waals surface area contributed by atoms with Gasteiger partial charge in [0, 0.05) is 11.3 Å². The Hall–Kier alpha value is -3.53. The number of nitrogens with zero attached hydrogens (tertiary/aromatic N) is 2. The third kappa shape index (κ3) is 6.72. The van der Waals surface area contributed by atoms with Crippen molar-refractivity contribution in [1.29, 1.82) is 0 Å². The van der Waals surface area contributed by atoms with Crippen LogP contribution in [-0.4, -0.2) is 34.8 Å². The summed E-state index contributed by atoms with van der Waals surface area (Å²) < 4.78 is 18.5. The summed E-state index contributed by atoms with van der Waals surface area (Å²) in [6.07, 6.45) is 0.679. The molecule has 3 rings (SSSR count). The maximum atomic E-state index is 13.1. The van der Waals surface area contributed by atoms with E-state index >= 15 is 0 Å². The Kier molecular flexibility index (Phi) is 8.31. The van der Waals surface area contributed by atoms with Crippen LogP contribution in [0.25, 0.3) is 10.6 Å². The largest absolute Gasteiger partial charge is 0.494 e. The molecule has 0 aliphatic heterocycles. The molecule has 0 fully saturated rings. The normalized spacial score (nSPS) is 12.5. The van der Waals surface area contributed by atoms with Gasteiger partial charge in [-0.3, -0.25) is 10.1 Å². The Bertz CT molecular complexity index is 1070. The summed E-state index contributed by atoms with van der Waals surface area (Å²) in [7, 11) is 0. The monoisotopic (exact) mass is 471 g/mol. The Labute approximate surface area is 195 Å². The number of hydrogen-bond acceptors (Lipinski definition) is 6. The van der Waals surface area contributed by atoms with Crippen molar-refractivity contribution in [3.63, 3.8) is 0 Å². The third-order valence-corrected chi connectivity index (χ3v) is 5.84. The van der Waals surface area contributed by atoms with E-state index in [-0.39, 0.29) is 11.7 Å². The van der Waals surface area contributed by atoms with Gasteiger partial charge in [-0.2, -0.15) is 0 Å². The van der Waals surface area contributed by atoms with Crippen molar-refractivity contribution >= 4 is 34.1 Å². The standard InChI is InChI=1S/C23H26FN5O3S/c1-4-14(3)19(26-22(31)25-17-10-12-18(13-11-17)32-5-2)20(30)27-23-29-28-21(33-23)15-6-8-16(24)9-7-15/h6-14,19H,4-5H2,1-3H3,(H2,25,26,31)(H,27,29,30). The fourth-order valence-electron chi connectivity index (χ4n) is 2.98. The van der Waals surface area contributed by atoms with Crippen molar-refractivity contribution in [1.82, 2.24) is 15.5 Å². The van der Waals surface area contributed by atoms with Gasteiger partial charge in [-0.05, 0) is 61.4 Å². The molecule has 174 valence electrons. The summed E-state index contributed by atoms with van der Waals surface area (Å²) in [6.45, 7) is 6.27. The minimum Gasteiger partial charge on any atom is -0.494 e. The quantitative estimate of drug-likeness (QED) is 0.411. The van der Waals surface area contributed by atoms with Crippen LogP contribution in [0.2, 0.25) is 0 Å². The number of anilines is 2. The SMILES string of the molecule is CCOc1ccc(NC(=O)NC(C(=O)Nc2nnc(-c3ccc(F)cc3)s2)C(C)CC)cc1. The van der Waals surface area contributed by atoms with E-state index < -0.39 is 18.0 Å². The molecule has 1 heterocycles. The van der Waals surface area contributed by atoms with Crippen LogP contribution in [0.1, 0.15) is 27.2 Å². The molecule has 1 aromatic heterocycles. The molecule has 0 saturated heterocycles. The van der Waals surface area contributed by atoms with E-state index in [0.29, 0.717) is 40.2 Å². The summed E-state index contributed by atoms with van der Waals surface area (Å²) in [4.78, 5) is 25.5. The first-order valence-electron chi connectivity index (χ1n) is 10.6. The van der Waals surface area contributed by atoms with Crippen molar-refractivity contribution in [2.75, 3.05) is 17.2 Å². The Morgan fingerprint density at radius 3 is 2.36 bits per heavy atom. The van der Waals surface area contributed by atoms with Crippen LogP contribution in [0, 0.1) is 11.7 Å². The van der Waals surface area contributed by atoms with Crippen LogP contribution in [0.5, 0.6) is 5.75 Å². The van der Waals surface area contributed by atoms with Gasteiger partial charge in [0.1, 0.15) is 22.6 Å². The van der Waals surface area contributed by atoms with E-state index in [1.807, 2.05) is 20.8 Å². The fraction of sp³-hybridized carbons (Fsp3) is 0.304. The van der Waals surface area contributed by atoms with E-state index in [9.17, 15) is 14.0 Å². The number of nitrogens with one attached hydrogen (secondary N) is 3. The van der Waals surface area contributed by atoms with E-state index in [1.54, 1.807) is 36.4 Å². The molecule has 2 aromatic carbocycles. The highest BCUT2D eigenvalue weighted by Gasteiger charge is 2.27. The predicted molar refractivity (Wildman–Crippen MR) is 127 cm³/mol. The average molecular weight is 472 g/mol. The highest BCUT2D eigenvalue weighted by molar-refractivity contribution is 7.18. The molecule has 0 aliphatic rings. The number of benzene rings is 2. The van der Waals surface area contributed by atoms with Crippen LogP contribution in [0.15, 0.2) is 48.5 Å². The fourth-order valence-corrected chi connectivity index (χ4v) is 3.73. The number of carbonyl (C=O) groups is 2. The number of ether oxygens (including phenoxy) is 1. The summed E-state index contributed by atoms with van der Waals surface area (Å²) in [5.74, 6) is -0.159. The van der Waals surface area contributed by atoms with Crippen LogP contribution < -0.4 is 20.7 Å². The summed E-state index contributed by atoms with van der Waals surface area (Å²) in [6, 6.07) is 11.5. The van der Waals surface area contributed by atoms with Crippen molar-refractivity contribution in [3.8, 4) is 16.3 Å². The molecule has 33 heavy (non-hydrogen) atoms. The van der Waals surface area contributed by atoms with Gasteiger partial charge in [-0.25, -0.2) is 9.18 Å². The highest BCUT2D eigenvalue weighted by Crippen LogP contribution is 2.26. The van der Waals surface area contributed by atoms with E-state index in [1.165, 1.54) is 23.5 Å².